The van der Waals surface area contributed by atoms with Crippen LogP contribution in [0.1, 0.15) is 12.0 Å². The molecule has 0 radical (unpaired) electrons. The van der Waals surface area contributed by atoms with Crippen molar-refractivity contribution in [3.05, 3.63) is 65.2 Å². The molecule has 2 aromatic carbocycles. The summed E-state index contributed by atoms with van der Waals surface area (Å²) in [5, 5.41) is 3.42. The highest BCUT2D eigenvalue weighted by molar-refractivity contribution is 7.91. The summed E-state index contributed by atoms with van der Waals surface area (Å²) in [6.45, 7) is 0.305. The first-order chi connectivity index (χ1) is 11.9. The van der Waals surface area contributed by atoms with Gasteiger partial charge in [-0.05, 0) is 36.2 Å². The van der Waals surface area contributed by atoms with E-state index in [-0.39, 0.29) is 23.6 Å². The standard InChI is InChI=1S/C18H19ClN2O3S/c19-15-6-4-5-14(11-15)12-21(17-9-10-25(23,24)13-17)18(22)20-16-7-2-1-3-8-16/h1-8,11,17H,9-10,12-13H2,(H,20,22). The molecule has 2 amide bonds. The molecule has 5 nitrogen and oxygen atoms in total. The number of halogens is 1. The van der Waals surface area contributed by atoms with Crippen LogP contribution < -0.4 is 5.32 Å². The molecule has 132 valence electrons. The molecule has 0 saturated carbocycles. The Morgan fingerprint density at radius 3 is 2.56 bits per heavy atom. The second kappa shape index (κ2) is 7.45. The van der Waals surface area contributed by atoms with E-state index in [4.69, 9.17) is 11.6 Å². The van der Waals surface area contributed by atoms with Gasteiger partial charge in [0, 0.05) is 23.3 Å². The minimum Gasteiger partial charge on any atom is -0.316 e. The van der Waals surface area contributed by atoms with Crippen molar-refractivity contribution in [3.8, 4) is 0 Å². The molecule has 1 aliphatic heterocycles. The highest BCUT2D eigenvalue weighted by Gasteiger charge is 2.34. The number of hydrogen-bond acceptors (Lipinski definition) is 3. The number of carbonyl (C=O) groups is 1. The van der Waals surface area contributed by atoms with E-state index in [1.54, 1.807) is 29.2 Å². The van der Waals surface area contributed by atoms with Crippen LogP contribution in [0.5, 0.6) is 0 Å². The van der Waals surface area contributed by atoms with Gasteiger partial charge in [0.05, 0.1) is 11.5 Å². The zero-order chi connectivity index (χ0) is 17.9. The van der Waals surface area contributed by atoms with E-state index in [2.05, 4.69) is 5.32 Å². The Hall–Kier alpha value is -2.05. The molecule has 1 saturated heterocycles. The van der Waals surface area contributed by atoms with Crippen molar-refractivity contribution in [1.82, 2.24) is 4.90 Å². The average molecular weight is 379 g/mol. The van der Waals surface area contributed by atoms with Crippen molar-refractivity contribution in [2.45, 2.75) is 19.0 Å². The molecule has 0 aromatic heterocycles. The molecule has 0 bridgehead atoms. The van der Waals surface area contributed by atoms with E-state index in [1.807, 2.05) is 30.3 Å². The fourth-order valence-corrected chi connectivity index (χ4v) is 4.88. The summed E-state index contributed by atoms with van der Waals surface area (Å²) in [5.41, 5.74) is 1.53. The molecular formula is C18H19ClN2O3S. The summed E-state index contributed by atoms with van der Waals surface area (Å²) in [5.74, 6) is 0.109. The third-order valence-electron chi connectivity index (χ3n) is 4.18. The highest BCUT2D eigenvalue weighted by Crippen LogP contribution is 2.22. The summed E-state index contributed by atoms with van der Waals surface area (Å²) in [4.78, 5) is 14.4. The SMILES string of the molecule is O=C(Nc1ccccc1)N(Cc1cccc(Cl)c1)C1CCS(=O)(=O)C1. The number of urea groups is 1. The van der Waals surface area contributed by atoms with Crippen molar-refractivity contribution in [3.63, 3.8) is 0 Å². The van der Waals surface area contributed by atoms with Gasteiger partial charge in [-0.3, -0.25) is 0 Å². The van der Waals surface area contributed by atoms with Crippen molar-refractivity contribution in [2.75, 3.05) is 16.8 Å². The Morgan fingerprint density at radius 1 is 1.16 bits per heavy atom. The summed E-state index contributed by atoms with van der Waals surface area (Å²) in [6.07, 6.45) is 0.450. The molecule has 1 fully saturated rings. The molecule has 1 atom stereocenters. The molecule has 7 heteroatoms. The lowest BCUT2D eigenvalue weighted by Crippen LogP contribution is -2.43. The van der Waals surface area contributed by atoms with Gasteiger partial charge in [0.1, 0.15) is 0 Å². The van der Waals surface area contributed by atoms with E-state index in [0.717, 1.165) is 5.56 Å². The summed E-state index contributed by atoms with van der Waals surface area (Å²) in [7, 11) is -3.10. The van der Waals surface area contributed by atoms with Crippen LogP contribution in [-0.4, -0.2) is 36.9 Å². The van der Waals surface area contributed by atoms with Crippen LogP contribution in [0.3, 0.4) is 0 Å². The number of para-hydroxylation sites is 1. The number of nitrogens with zero attached hydrogens (tertiary/aromatic N) is 1. The number of rotatable bonds is 4. The number of benzene rings is 2. The van der Waals surface area contributed by atoms with E-state index < -0.39 is 9.84 Å². The lowest BCUT2D eigenvalue weighted by atomic mass is 10.1. The van der Waals surface area contributed by atoms with Gasteiger partial charge in [-0.2, -0.15) is 0 Å². The van der Waals surface area contributed by atoms with Crippen molar-refractivity contribution in [1.29, 1.82) is 0 Å². The molecule has 2 aromatic rings. The largest absolute Gasteiger partial charge is 0.322 e. The minimum absolute atomic E-state index is 0.00419. The Bertz CT molecular complexity index is 856. The van der Waals surface area contributed by atoms with E-state index in [1.165, 1.54) is 0 Å². The number of hydrogen-bond donors (Lipinski definition) is 1. The van der Waals surface area contributed by atoms with Crippen LogP contribution in [0.15, 0.2) is 54.6 Å². The van der Waals surface area contributed by atoms with Gasteiger partial charge in [-0.1, -0.05) is 41.9 Å². The molecule has 1 N–H and O–H groups in total. The third-order valence-corrected chi connectivity index (χ3v) is 6.16. The first-order valence-corrected chi connectivity index (χ1v) is 10.2. The predicted molar refractivity (Wildman–Crippen MR) is 99.5 cm³/mol. The quantitative estimate of drug-likeness (QED) is 0.884. The van der Waals surface area contributed by atoms with Gasteiger partial charge in [0.15, 0.2) is 9.84 Å². The zero-order valence-electron chi connectivity index (χ0n) is 13.6. The molecule has 1 unspecified atom stereocenters. The fourth-order valence-electron chi connectivity index (χ4n) is 2.94. The molecule has 1 heterocycles. The van der Waals surface area contributed by atoms with Crippen molar-refractivity contribution < 1.29 is 13.2 Å². The molecular weight excluding hydrogens is 360 g/mol. The molecule has 3 rings (SSSR count). The maximum absolute atomic E-state index is 12.8. The molecule has 0 spiro atoms. The second-order valence-electron chi connectivity index (χ2n) is 6.11. The van der Waals surface area contributed by atoms with E-state index in [0.29, 0.717) is 23.7 Å². The first-order valence-electron chi connectivity index (χ1n) is 8.00. The van der Waals surface area contributed by atoms with Gasteiger partial charge < -0.3 is 10.2 Å². The molecule has 1 aliphatic rings. The van der Waals surface area contributed by atoms with Crippen LogP contribution in [0.4, 0.5) is 10.5 Å². The maximum Gasteiger partial charge on any atom is 0.322 e. The monoisotopic (exact) mass is 378 g/mol. The zero-order valence-corrected chi connectivity index (χ0v) is 15.1. The van der Waals surface area contributed by atoms with Crippen LogP contribution in [-0.2, 0) is 16.4 Å². The summed E-state index contributed by atoms with van der Waals surface area (Å²) in [6, 6.07) is 15.7. The average Bonchev–Trinajstić information content (AvgIpc) is 2.93. The third kappa shape index (κ3) is 4.74. The first kappa shape index (κ1) is 17.8. The number of carbonyl (C=O) groups excluding carboxylic acids is 1. The summed E-state index contributed by atoms with van der Waals surface area (Å²) < 4.78 is 23.7. The Morgan fingerprint density at radius 2 is 1.92 bits per heavy atom. The maximum atomic E-state index is 12.8. The van der Waals surface area contributed by atoms with Crippen LogP contribution >= 0.6 is 11.6 Å². The number of anilines is 1. The van der Waals surface area contributed by atoms with E-state index in [9.17, 15) is 13.2 Å². The van der Waals surface area contributed by atoms with Gasteiger partial charge >= 0.3 is 6.03 Å². The predicted octanol–water partition coefficient (Wildman–Crippen LogP) is 3.56. The Balaban J connectivity index is 1.82. The lowest BCUT2D eigenvalue weighted by molar-refractivity contribution is 0.190. The lowest BCUT2D eigenvalue weighted by Gasteiger charge is -2.28. The van der Waals surface area contributed by atoms with Gasteiger partial charge in [-0.15, -0.1) is 0 Å². The van der Waals surface area contributed by atoms with Gasteiger partial charge in [0.25, 0.3) is 0 Å². The van der Waals surface area contributed by atoms with Crippen LogP contribution in [0.2, 0.25) is 5.02 Å². The van der Waals surface area contributed by atoms with Crippen molar-refractivity contribution in [2.24, 2.45) is 0 Å². The summed E-state index contributed by atoms with van der Waals surface area (Å²) >= 11 is 6.03. The molecule has 0 aliphatic carbocycles. The van der Waals surface area contributed by atoms with Crippen molar-refractivity contribution >= 4 is 33.2 Å². The van der Waals surface area contributed by atoms with E-state index >= 15 is 0 Å². The number of sulfone groups is 1. The molecule has 25 heavy (non-hydrogen) atoms. The Labute approximate surface area is 152 Å². The normalized spacial score (nSPS) is 18.7. The minimum atomic E-state index is -3.10. The fraction of sp³-hybridized carbons (Fsp3) is 0.278. The van der Waals surface area contributed by atoms with Crippen LogP contribution in [0, 0.1) is 0 Å². The number of amides is 2. The van der Waals surface area contributed by atoms with Gasteiger partial charge in [0.2, 0.25) is 0 Å². The van der Waals surface area contributed by atoms with Gasteiger partial charge in [-0.25, -0.2) is 13.2 Å². The number of nitrogens with one attached hydrogen (secondary N) is 1. The van der Waals surface area contributed by atoms with Crippen LogP contribution in [0.25, 0.3) is 0 Å². The second-order valence-corrected chi connectivity index (χ2v) is 8.78. The highest BCUT2D eigenvalue weighted by atomic mass is 35.5. The Kier molecular flexibility index (Phi) is 5.30. The topological polar surface area (TPSA) is 66.5 Å². The smallest absolute Gasteiger partial charge is 0.316 e.